The molecule has 1 saturated carbocycles. The largest absolute Gasteiger partial charge is 0.230 e. The number of hydrogen-bond acceptors (Lipinski definition) is 1. The minimum Gasteiger partial charge on any atom is -0.200 e. The summed E-state index contributed by atoms with van der Waals surface area (Å²) in [7, 11) is 2.15. The Balaban J connectivity index is 1.60. The van der Waals surface area contributed by atoms with Crippen LogP contribution < -0.4 is 4.57 Å². The fraction of sp³-hybridized carbons (Fsp3) is 0.276. The van der Waals surface area contributed by atoms with Crippen molar-refractivity contribution in [1.82, 2.24) is 0 Å². The number of pyridine rings is 1. The van der Waals surface area contributed by atoms with Crippen molar-refractivity contribution in [2.24, 2.45) is 7.05 Å². The first-order chi connectivity index (χ1) is 15.5. The lowest BCUT2D eigenvalue weighted by Crippen LogP contribution is -2.30. The number of benzene rings is 3. The van der Waals surface area contributed by atoms with Gasteiger partial charge in [-0.15, -0.1) is 11.3 Å². The molecular formula is C29H28NS+. The Bertz CT molecular complexity index is 1490. The summed E-state index contributed by atoms with van der Waals surface area (Å²) in [6.07, 6.45) is 7.79. The molecule has 2 aromatic heterocycles. The van der Waals surface area contributed by atoms with E-state index in [1.165, 1.54) is 72.6 Å². The van der Waals surface area contributed by atoms with Crippen LogP contribution in [0.5, 0.6) is 0 Å². The lowest BCUT2D eigenvalue weighted by molar-refractivity contribution is -0.659. The van der Waals surface area contributed by atoms with Gasteiger partial charge in [-0.1, -0.05) is 67.8 Å². The van der Waals surface area contributed by atoms with Gasteiger partial charge in [0.1, 0.15) is 11.7 Å². The van der Waals surface area contributed by atoms with Crippen LogP contribution in [0, 0.1) is 6.92 Å². The molecule has 3 aromatic carbocycles. The van der Waals surface area contributed by atoms with E-state index in [1.807, 2.05) is 11.3 Å². The predicted molar refractivity (Wildman–Crippen MR) is 134 cm³/mol. The number of aryl methyl sites for hydroxylation is 2. The van der Waals surface area contributed by atoms with Crippen molar-refractivity contribution in [2.45, 2.75) is 44.9 Å². The highest BCUT2D eigenvalue weighted by Gasteiger charge is 2.21. The van der Waals surface area contributed by atoms with Crippen LogP contribution in [0.4, 0.5) is 0 Å². The van der Waals surface area contributed by atoms with E-state index in [1.54, 1.807) is 0 Å². The van der Waals surface area contributed by atoms with Crippen LogP contribution in [0.15, 0.2) is 66.9 Å². The molecule has 2 heterocycles. The lowest BCUT2D eigenvalue weighted by Gasteiger charge is -2.22. The third kappa shape index (κ3) is 3.08. The van der Waals surface area contributed by atoms with Gasteiger partial charge in [-0.3, -0.25) is 0 Å². The van der Waals surface area contributed by atoms with Gasteiger partial charge in [0.25, 0.3) is 0 Å². The SMILES string of the molecule is [2H]C1(c2ccc3c(ccc4c5cc[n+](C)c(-c6ccccc6C)c5sc34)c2)CCCCC1. The van der Waals surface area contributed by atoms with Crippen molar-refractivity contribution in [3.63, 3.8) is 0 Å². The number of aromatic nitrogens is 1. The smallest absolute Gasteiger partial charge is 0.200 e. The van der Waals surface area contributed by atoms with Crippen LogP contribution in [0.2, 0.25) is 0 Å². The molecule has 6 rings (SSSR count). The van der Waals surface area contributed by atoms with Gasteiger partial charge >= 0.3 is 0 Å². The second-order valence-corrected chi connectivity index (χ2v) is 10.00. The summed E-state index contributed by atoms with van der Waals surface area (Å²) in [4.78, 5) is 0. The fourth-order valence-electron chi connectivity index (χ4n) is 5.30. The molecule has 0 bridgehead atoms. The average molecular weight is 424 g/mol. The van der Waals surface area contributed by atoms with Crippen molar-refractivity contribution < 1.29 is 5.94 Å². The molecule has 0 saturated heterocycles. The molecular weight excluding hydrogens is 394 g/mol. The monoisotopic (exact) mass is 423 g/mol. The van der Waals surface area contributed by atoms with Gasteiger partial charge in [0, 0.05) is 22.9 Å². The molecule has 1 aliphatic rings. The van der Waals surface area contributed by atoms with Crippen LogP contribution in [0.25, 0.3) is 42.2 Å². The van der Waals surface area contributed by atoms with Gasteiger partial charge in [0.05, 0.1) is 5.56 Å². The highest BCUT2D eigenvalue weighted by Crippen LogP contribution is 2.43. The van der Waals surface area contributed by atoms with Crippen molar-refractivity contribution in [3.8, 4) is 11.3 Å². The van der Waals surface area contributed by atoms with Gasteiger partial charge in [-0.25, -0.2) is 0 Å². The van der Waals surface area contributed by atoms with Crippen LogP contribution in [-0.4, -0.2) is 0 Å². The summed E-state index contributed by atoms with van der Waals surface area (Å²) >= 11 is 1.91. The van der Waals surface area contributed by atoms with Crippen molar-refractivity contribution in [1.29, 1.82) is 0 Å². The third-order valence-electron chi connectivity index (χ3n) is 7.01. The van der Waals surface area contributed by atoms with Crippen molar-refractivity contribution in [2.75, 3.05) is 0 Å². The van der Waals surface area contributed by atoms with E-state index in [9.17, 15) is 0 Å². The summed E-state index contributed by atoms with van der Waals surface area (Å²) in [6, 6.07) is 22.3. The number of fused-ring (bicyclic) bond motifs is 5. The molecule has 1 fully saturated rings. The molecule has 2 heteroatoms. The standard InChI is InChI=1S/C29H28NS/c1-19-8-6-7-11-23(19)27-29-26(16-17-30(27)2)25-15-13-22-18-21(20-9-4-3-5-10-20)12-14-24(22)28(25)31-29/h6-8,11-18,20H,3-5,9-10H2,1-2H3/q+1/i20D. The first-order valence-electron chi connectivity index (χ1n) is 11.9. The molecule has 31 heavy (non-hydrogen) atoms. The summed E-state index contributed by atoms with van der Waals surface area (Å²) in [5.41, 5.74) is 5.08. The third-order valence-corrected chi connectivity index (χ3v) is 8.27. The summed E-state index contributed by atoms with van der Waals surface area (Å²) in [6.45, 7) is 2.19. The maximum absolute atomic E-state index is 9.05. The van der Waals surface area contributed by atoms with E-state index >= 15 is 0 Å². The number of nitrogens with zero attached hydrogens (tertiary/aromatic N) is 1. The maximum Gasteiger partial charge on any atom is 0.230 e. The molecule has 0 radical (unpaired) electrons. The molecule has 0 amide bonds. The number of hydrogen-bond donors (Lipinski definition) is 0. The molecule has 1 aliphatic carbocycles. The molecule has 5 aromatic rings. The Hall–Kier alpha value is -2.71. The summed E-state index contributed by atoms with van der Waals surface area (Å²) in [5.74, 6) is -0.409. The Morgan fingerprint density at radius 2 is 1.65 bits per heavy atom. The molecule has 0 unspecified atom stereocenters. The Morgan fingerprint density at radius 1 is 0.871 bits per heavy atom. The fourth-order valence-corrected chi connectivity index (χ4v) is 6.73. The van der Waals surface area contributed by atoms with Crippen LogP contribution in [0.1, 0.15) is 50.5 Å². The topological polar surface area (TPSA) is 3.88 Å². The van der Waals surface area contributed by atoms with E-state index < -0.39 is 5.89 Å². The van der Waals surface area contributed by atoms with Crippen LogP contribution >= 0.6 is 11.3 Å². The minimum absolute atomic E-state index is 0.409. The van der Waals surface area contributed by atoms with Crippen molar-refractivity contribution in [3.05, 3.63) is 78.0 Å². The van der Waals surface area contributed by atoms with E-state index in [-0.39, 0.29) is 0 Å². The zero-order chi connectivity index (χ0) is 21.9. The molecule has 0 aliphatic heterocycles. The van der Waals surface area contributed by atoms with E-state index in [2.05, 4.69) is 85.4 Å². The molecule has 0 atom stereocenters. The Labute approximate surface area is 189 Å². The quantitative estimate of drug-likeness (QED) is 0.253. The normalized spacial score (nSPS) is 16.8. The van der Waals surface area contributed by atoms with E-state index in [0.29, 0.717) is 0 Å². The molecule has 1 nitrogen and oxygen atoms in total. The van der Waals surface area contributed by atoms with Crippen LogP contribution in [0.3, 0.4) is 0 Å². The zero-order valence-electron chi connectivity index (χ0n) is 19.2. The second kappa shape index (κ2) is 7.46. The predicted octanol–water partition coefficient (Wildman–Crippen LogP) is 8.06. The highest BCUT2D eigenvalue weighted by molar-refractivity contribution is 7.27. The lowest BCUT2D eigenvalue weighted by atomic mass is 9.83. The maximum atomic E-state index is 9.05. The van der Waals surface area contributed by atoms with Crippen LogP contribution in [-0.2, 0) is 7.05 Å². The van der Waals surface area contributed by atoms with Gasteiger partial charge in [0.15, 0.2) is 6.20 Å². The van der Waals surface area contributed by atoms with Gasteiger partial charge in [-0.2, -0.15) is 4.57 Å². The number of rotatable bonds is 2. The Morgan fingerprint density at radius 3 is 2.48 bits per heavy atom. The molecule has 0 spiro atoms. The molecule has 154 valence electrons. The summed E-state index contributed by atoms with van der Waals surface area (Å²) < 4.78 is 14.0. The summed E-state index contributed by atoms with van der Waals surface area (Å²) in [5, 5.41) is 5.24. The second-order valence-electron chi connectivity index (χ2n) is 8.98. The first-order valence-corrected chi connectivity index (χ1v) is 12.2. The first kappa shape index (κ1) is 17.9. The highest BCUT2D eigenvalue weighted by atomic mass is 32.1. The molecule has 0 N–H and O–H groups in total. The van der Waals surface area contributed by atoms with Gasteiger partial charge in [0.2, 0.25) is 5.69 Å². The zero-order valence-corrected chi connectivity index (χ0v) is 19.1. The van der Waals surface area contributed by atoms with E-state index in [4.69, 9.17) is 1.37 Å². The minimum atomic E-state index is -0.409. The van der Waals surface area contributed by atoms with Gasteiger partial charge < -0.3 is 0 Å². The average Bonchev–Trinajstić information content (AvgIpc) is 3.19. The number of thiophene rings is 1. The Kier molecular flexibility index (Phi) is 4.31. The van der Waals surface area contributed by atoms with Gasteiger partial charge in [-0.05, 0) is 53.6 Å². The van der Waals surface area contributed by atoms with Crippen molar-refractivity contribution >= 4 is 42.3 Å². The van der Waals surface area contributed by atoms with E-state index in [0.717, 1.165) is 12.8 Å².